The van der Waals surface area contributed by atoms with Gasteiger partial charge in [0.15, 0.2) is 5.11 Å². The number of ether oxygens (including phenoxy) is 1. The number of hydrazine groups is 1. The van der Waals surface area contributed by atoms with Crippen molar-refractivity contribution >= 4 is 46.0 Å². The van der Waals surface area contributed by atoms with Crippen LogP contribution in [0.1, 0.15) is 20.7 Å². The van der Waals surface area contributed by atoms with Crippen LogP contribution >= 0.6 is 12.2 Å². The summed E-state index contributed by atoms with van der Waals surface area (Å²) in [5, 5.41) is 3.39. The molecule has 3 aromatic rings. The number of carbonyl (C=O) groups is 3. The Morgan fingerprint density at radius 1 is 1.00 bits per heavy atom. The molecule has 1 aromatic heterocycles. The zero-order valence-electron chi connectivity index (χ0n) is 15.5. The van der Waals surface area contributed by atoms with Crippen molar-refractivity contribution in [1.82, 2.24) is 20.7 Å². The van der Waals surface area contributed by atoms with Gasteiger partial charge in [-0.25, -0.2) is 4.79 Å². The van der Waals surface area contributed by atoms with Gasteiger partial charge in [0.1, 0.15) is 6.54 Å². The molecular formula is C20H18N4O4S. The second-order valence-corrected chi connectivity index (χ2v) is 6.44. The third-order valence-electron chi connectivity index (χ3n) is 4.08. The average Bonchev–Trinajstić information content (AvgIpc) is 3.14. The number of rotatable bonds is 4. The molecule has 0 atom stereocenters. The summed E-state index contributed by atoms with van der Waals surface area (Å²) >= 11 is 5.02. The van der Waals surface area contributed by atoms with Gasteiger partial charge in [-0.3, -0.25) is 25.8 Å². The van der Waals surface area contributed by atoms with Gasteiger partial charge in [0.05, 0.1) is 12.7 Å². The van der Waals surface area contributed by atoms with Gasteiger partial charge in [-0.05, 0) is 47.9 Å². The summed E-state index contributed by atoms with van der Waals surface area (Å²) in [4.78, 5) is 36.0. The van der Waals surface area contributed by atoms with E-state index >= 15 is 0 Å². The zero-order valence-corrected chi connectivity index (χ0v) is 16.3. The second kappa shape index (κ2) is 8.98. The molecule has 29 heavy (non-hydrogen) atoms. The monoisotopic (exact) mass is 410 g/mol. The van der Waals surface area contributed by atoms with Gasteiger partial charge in [-0.2, -0.15) is 0 Å². The van der Waals surface area contributed by atoms with Crippen molar-refractivity contribution < 1.29 is 19.1 Å². The molecule has 0 aliphatic carbocycles. The number of fused-ring (bicyclic) bond motifs is 1. The number of amides is 2. The number of methoxy groups -OCH3 is 1. The lowest BCUT2D eigenvalue weighted by Gasteiger charge is -2.12. The van der Waals surface area contributed by atoms with Crippen LogP contribution in [0.4, 0.5) is 0 Å². The van der Waals surface area contributed by atoms with Gasteiger partial charge in [-0.15, -0.1) is 0 Å². The molecule has 2 aromatic carbocycles. The Morgan fingerprint density at radius 3 is 2.55 bits per heavy atom. The van der Waals surface area contributed by atoms with Crippen LogP contribution in [0.2, 0.25) is 0 Å². The molecular weight excluding hydrogens is 392 g/mol. The predicted molar refractivity (Wildman–Crippen MR) is 111 cm³/mol. The predicted octanol–water partition coefficient (Wildman–Crippen LogP) is 1.76. The number of thiocarbonyl (C=S) groups is 1. The zero-order chi connectivity index (χ0) is 20.8. The van der Waals surface area contributed by atoms with Crippen molar-refractivity contribution in [2.24, 2.45) is 0 Å². The highest BCUT2D eigenvalue weighted by Crippen LogP contribution is 2.14. The molecule has 9 heteroatoms. The Hall–Kier alpha value is -3.72. The van der Waals surface area contributed by atoms with Crippen molar-refractivity contribution in [3.63, 3.8) is 0 Å². The fraction of sp³-hybridized carbons (Fsp3) is 0.100. The topological polar surface area (TPSA) is 101 Å². The van der Waals surface area contributed by atoms with E-state index in [0.29, 0.717) is 0 Å². The molecule has 0 unspecified atom stereocenters. The van der Waals surface area contributed by atoms with Crippen molar-refractivity contribution in [2.45, 2.75) is 6.54 Å². The lowest BCUT2D eigenvalue weighted by Crippen LogP contribution is -2.49. The lowest BCUT2D eigenvalue weighted by atomic mass is 10.1. The van der Waals surface area contributed by atoms with Crippen LogP contribution in [-0.4, -0.2) is 34.6 Å². The number of nitrogens with one attached hydrogen (secondary N) is 3. The molecule has 0 saturated carbocycles. The van der Waals surface area contributed by atoms with E-state index in [2.05, 4.69) is 20.9 Å². The van der Waals surface area contributed by atoms with Gasteiger partial charge < -0.3 is 9.30 Å². The van der Waals surface area contributed by atoms with Crippen LogP contribution in [0.3, 0.4) is 0 Å². The molecule has 0 bridgehead atoms. The number of aromatic nitrogens is 1. The van der Waals surface area contributed by atoms with E-state index in [1.54, 1.807) is 10.6 Å². The summed E-state index contributed by atoms with van der Waals surface area (Å²) in [6.45, 7) is 0.0816. The summed E-state index contributed by atoms with van der Waals surface area (Å²) in [5.74, 6) is -1.42. The standard InChI is InChI=1S/C20H18N4O4S/c1-28-19(27)15-7-4-6-14(11-15)18(26)21-20(29)23-22-17(25)12-24-10-9-13-5-2-3-8-16(13)24/h2-11H,12H2,1H3,(H,22,25)(H2,21,23,26,29). The van der Waals surface area contributed by atoms with Gasteiger partial charge in [0.2, 0.25) is 0 Å². The number of para-hydroxylation sites is 1. The Bertz CT molecular complexity index is 1090. The van der Waals surface area contributed by atoms with Crippen LogP contribution in [-0.2, 0) is 16.1 Å². The van der Waals surface area contributed by atoms with Crippen molar-refractivity contribution in [2.75, 3.05) is 7.11 Å². The fourth-order valence-corrected chi connectivity index (χ4v) is 2.85. The number of esters is 1. The van der Waals surface area contributed by atoms with Gasteiger partial charge in [-0.1, -0.05) is 24.3 Å². The van der Waals surface area contributed by atoms with Crippen molar-refractivity contribution in [3.05, 3.63) is 71.9 Å². The molecule has 148 valence electrons. The van der Waals surface area contributed by atoms with Crippen LogP contribution < -0.4 is 16.2 Å². The smallest absolute Gasteiger partial charge is 0.337 e. The molecule has 2 amide bonds. The van der Waals surface area contributed by atoms with E-state index in [9.17, 15) is 14.4 Å². The second-order valence-electron chi connectivity index (χ2n) is 6.03. The highest BCUT2D eigenvalue weighted by Gasteiger charge is 2.12. The number of benzene rings is 2. The third-order valence-corrected chi connectivity index (χ3v) is 4.29. The van der Waals surface area contributed by atoms with Crippen molar-refractivity contribution in [3.8, 4) is 0 Å². The minimum atomic E-state index is -0.551. The summed E-state index contributed by atoms with van der Waals surface area (Å²) < 4.78 is 6.43. The SMILES string of the molecule is COC(=O)c1cccc(C(=O)NC(=S)NNC(=O)Cn2ccc3ccccc32)c1. The van der Waals surface area contributed by atoms with Crippen LogP contribution in [0, 0.1) is 0 Å². The molecule has 3 rings (SSSR count). The van der Waals surface area contributed by atoms with Gasteiger partial charge in [0.25, 0.3) is 11.8 Å². The number of hydrogen-bond acceptors (Lipinski definition) is 5. The number of nitrogens with zero attached hydrogens (tertiary/aromatic N) is 1. The first-order chi connectivity index (χ1) is 14.0. The normalized spacial score (nSPS) is 10.2. The molecule has 0 aliphatic rings. The number of hydrogen-bond donors (Lipinski definition) is 3. The summed E-state index contributed by atoms with van der Waals surface area (Å²) in [6, 6.07) is 15.6. The first kappa shape index (κ1) is 20.0. The minimum Gasteiger partial charge on any atom is -0.465 e. The summed E-state index contributed by atoms with van der Waals surface area (Å²) in [6.07, 6.45) is 1.82. The maximum atomic E-state index is 12.3. The maximum absolute atomic E-state index is 12.3. The van der Waals surface area contributed by atoms with E-state index in [1.807, 2.05) is 36.5 Å². The molecule has 0 radical (unpaired) electrons. The van der Waals surface area contributed by atoms with Gasteiger partial charge >= 0.3 is 5.97 Å². The summed E-state index contributed by atoms with van der Waals surface area (Å²) in [5.41, 5.74) is 6.33. The van der Waals surface area contributed by atoms with E-state index in [0.717, 1.165) is 10.9 Å². The Morgan fingerprint density at radius 2 is 1.76 bits per heavy atom. The molecule has 0 aliphatic heterocycles. The Kier molecular flexibility index (Phi) is 6.20. The maximum Gasteiger partial charge on any atom is 0.337 e. The molecule has 8 nitrogen and oxygen atoms in total. The van der Waals surface area contributed by atoms with Gasteiger partial charge in [0, 0.05) is 17.3 Å². The highest BCUT2D eigenvalue weighted by atomic mass is 32.1. The van der Waals surface area contributed by atoms with Crippen LogP contribution in [0.15, 0.2) is 60.8 Å². The number of carbonyl (C=O) groups excluding carboxylic acids is 3. The van der Waals surface area contributed by atoms with Crippen LogP contribution in [0.25, 0.3) is 10.9 Å². The highest BCUT2D eigenvalue weighted by molar-refractivity contribution is 7.80. The van der Waals surface area contributed by atoms with E-state index in [4.69, 9.17) is 12.2 Å². The van der Waals surface area contributed by atoms with Crippen LogP contribution in [0.5, 0.6) is 0 Å². The third kappa shape index (κ3) is 4.96. The van der Waals surface area contributed by atoms with E-state index in [-0.39, 0.29) is 28.7 Å². The first-order valence-electron chi connectivity index (χ1n) is 8.60. The van der Waals surface area contributed by atoms with E-state index in [1.165, 1.54) is 25.3 Å². The fourth-order valence-electron chi connectivity index (χ4n) is 2.71. The molecule has 1 heterocycles. The quantitative estimate of drug-likeness (QED) is 0.344. The molecule has 0 fully saturated rings. The molecule has 3 N–H and O–H groups in total. The minimum absolute atomic E-state index is 0.0795. The van der Waals surface area contributed by atoms with Crippen molar-refractivity contribution in [1.29, 1.82) is 0 Å². The molecule has 0 saturated heterocycles. The Labute approximate surface area is 171 Å². The lowest BCUT2D eigenvalue weighted by molar-refractivity contribution is -0.122. The molecule has 0 spiro atoms. The summed E-state index contributed by atoms with van der Waals surface area (Å²) in [7, 11) is 1.26. The first-order valence-corrected chi connectivity index (χ1v) is 9.01. The Balaban J connectivity index is 1.52. The average molecular weight is 410 g/mol. The largest absolute Gasteiger partial charge is 0.465 e. The van der Waals surface area contributed by atoms with E-state index < -0.39 is 11.9 Å².